The number of nitrogens with zero attached hydrogens (tertiary/aromatic N) is 3. The summed E-state index contributed by atoms with van der Waals surface area (Å²) in [6.45, 7) is 5.29. The van der Waals surface area contributed by atoms with Gasteiger partial charge in [0, 0.05) is 26.7 Å². The summed E-state index contributed by atoms with van der Waals surface area (Å²) < 4.78 is 8.12. The SMILES string of the molecule is CCN(CC#CCOc1cccc(C)c1)c1cc(=O)n(C)c(=O)n1C. The van der Waals surface area contributed by atoms with Gasteiger partial charge in [0.1, 0.15) is 18.2 Å². The molecule has 0 fully saturated rings. The van der Waals surface area contributed by atoms with Crippen LogP contribution in [0.25, 0.3) is 0 Å². The smallest absolute Gasteiger partial charge is 0.332 e. The van der Waals surface area contributed by atoms with Crippen LogP contribution in [0.5, 0.6) is 5.75 Å². The molecular formula is C19H23N3O3. The summed E-state index contributed by atoms with van der Waals surface area (Å²) >= 11 is 0. The average molecular weight is 341 g/mol. The standard InChI is InChI=1S/C19H23N3O3/c1-5-22(17-14-18(23)21(4)19(24)20(17)3)11-6-7-12-25-16-10-8-9-15(2)13-16/h8-10,13-14H,5,11-12H2,1-4H3. The van der Waals surface area contributed by atoms with Crippen LogP contribution in [-0.4, -0.2) is 28.8 Å². The van der Waals surface area contributed by atoms with E-state index in [0.29, 0.717) is 18.9 Å². The lowest BCUT2D eigenvalue weighted by molar-refractivity contribution is 0.370. The molecule has 6 nitrogen and oxygen atoms in total. The summed E-state index contributed by atoms with van der Waals surface area (Å²) in [5.74, 6) is 7.34. The molecule has 25 heavy (non-hydrogen) atoms. The van der Waals surface area contributed by atoms with E-state index in [1.54, 1.807) is 7.05 Å². The van der Waals surface area contributed by atoms with Crippen LogP contribution in [0, 0.1) is 18.8 Å². The summed E-state index contributed by atoms with van der Waals surface area (Å²) in [7, 11) is 3.11. The van der Waals surface area contributed by atoms with Crippen molar-refractivity contribution < 1.29 is 4.74 Å². The van der Waals surface area contributed by atoms with Gasteiger partial charge in [0.15, 0.2) is 0 Å². The average Bonchev–Trinajstić information content (AvgIpc) is 2.60. The molecule has 0 N–H and O–H groups in total. The minimum Gasteiger partial charge on any atom is -0.481 e. The molecule has 0 aliphatic heterocycles. The first-order valence-corrected chi connectivity index (χ1v) is 8.11. The van der Waals surface area contributed by atoms with Crippen molar-refractivity contribution >= 4 is 5.82 Å². The van der Waals surface area contributed by atoms with Gasteiger partial charge in [-0.2, -0.15) is 0 Å². The number of ether oxygens (including phenoxy) is 1. The van der Waals surface area contributed by atoms with Crippen molar-refractivity contribution in [2.75, 3.05) is 24.6 Å². The summed E-state index contributed by atoms with van der Waals surface area (Å²) in [5, 5.41) is 0. The highest BCUT2D eigenvalue weighted by Crippen LogP contribution is 2.11. The molecular weight excluding hydrogens is 318 g/mol. The van der Waals surface area contributed by atoms with E-state index < -0.39 is 0 Å². The fraction of sp³-hybridized carbons (Fsp3) is 0.368. The normalized spacial score (nSPS) is 10.1. The molecule has 0 unspecified atom stereocenters. The van der Waals surface area contributed by atoms with Gasteiger partial charge in [0.2, 0.25) is 0 Å². The highest BCUT2D eigenvalue weighted by Gasteiger charge is 2.10. The zero-order chi connectivity index (χ0) is 18.4. The largest absolute Gasteiger partial charge is 0.481 e. The van der Waals surface area contributed by atoms with E-state index in [0.717, 1.165) is 15.9 Å². The second-order valence-corrected chi connectivity index (χ2v) is 5.71. The number of aryl methyl sites for hydroxylation is 1. The Balaban J connectivity index is 2.04. The lowest BCUT2D eigenvalue weighted by atomic mass is 10.2. The number of hydrogen-bond acceptors (Lipinski definition) is 4. The van der Waals surface area contributed by atoms with E-state index in [-0.39, 0.29) is 17.9 Å². The Kier molecular flexibility index (Phi) is 6.07. The van der Waals surface area contributed by atoms with Crippen LogP contribution in [0.4, 0.5) is 5.82 Å². The Morgan fingerprint density at radius 1 is 1.12 bits per heavy atom. The molecule has 0 aliphatic carbocycles. The maximum atomic E-state index is 12.0. The van der Waals surface area contributed by atoms with E-state index >= 15 is 0 Å². The predicted octanol–water partition coefficient (Wildman–Crippen LogP) is 1.30. The maximum Gasteiger partial charge on any atom is 0.332 e. The maximum absolute atomic E-state index is 12.0. The summed E-state index contributed by atoms with van der Waals surface area (Å²) in [4.78, 5) is 25.8. The Morgan fingerprint density at radius 2 is 1.88 bits per heavy atom. The van der Waals surface area contributed by atoms with Gasteiger partial charge in [-0.15, -0.1) is 0 Å². The third-order valence-electron chi connectivity index (χ3n) is 3.90. The molecule has 0 amide bonds. The first-order chi connectivity index (χ1) is 11.9. The number of benzene rings is 1. The van der Waals surface area contributed by atoms with Gasteiger partial charge in [-0.1, -0.05) is 24.0 Å². The van der Waals surface area contributed by atoms with Gasteiger partial charge >= 0.3 is 5.69 Å². The quantitative estimate of drug-likeness (QED) is 0.770. The van der Waals surface area contributed by atoms with Gasteiger partial charge in [-0.3, -0.25) is 13.9 Å². The molecule has 1 aromatic heterocycles. The van der Waals surface area contributed by atoms with Crippen LogP contribution in [0.3, 0.4) is 0 Å². The lowest BCUT2D eigenvalue weighted by Gasteiger charge is -2.22. The Hall–Kier alpha value is -2.94. The minimum atomic E-state index is -0.350. The lowest BCUT2D eigenvalue weighted by Crippen LogP contribution is -2.40. The number of anilines is 1. The fourth-order valence-corrected chi connectivity index (χ4v) is 2.41. The molecule has 0 spiro atoms. The van der Waals surface area contributed by atoms with Crippen molar-refractivity contribution in [1.29, 1.82) is 0 Å². The van der Waals surface area contributed by atoms with Gasteiger partial charge in [0.05, 0.1) is 6.54 Å². The molecule has 0 radical (unpaired) electrons. The topological polar surface area (TPSA) is 56.5 Å². The van der Waals surface area contributed by atoms with Gasteiger partial charge in [0.25, 0.3) is 5.56 Å². The predicted molar refractivity (Wildman–Crippen MR) is 99.3 cm³/mol. The van der Waals surface area contributed by atoms with Crippen LogP contribution in [0.1, 0.15) is 12.5 Å². The first-order valence-electron chi connectivity index (χ1n) is 8.11. The molecule has 132 valence electrons. The van der Waals surface area contributed by atoms with E-state index in [9.17, 15) is 9.59 Å². The minimum absolute atomic E-state index is 0.288. The molecule has 1 heterocycles. The first kappa shape index (κ1) is 18.4. The van der Waals surface area contributed by atoms with E-state index in [4.69, 9.17) is 4.74 Å². The zero-order valence-corrected chi connectivity index (χ0v) is 15.1. The molecule has 0 atom stereocenters. The third-order valence-corrected chi connectivity index (χ3v) is 3.90. The Labute approximate surface area is 147 Å². The van der Waals surface area contributed by atoms with Crippen LogP contribution in [0.15, 0.2) is 39.9 Å². The van der Waals surface area contributed by atoms with Crippen LogP contribution >= 0.6 is 0 Å². The van der Waals surface area contributed by atoms with Crippen molar-refractivity contribution in [1.82, 2.24) is 9.13 Å². The zero-order valence-electron chi connectivity index (χ0n) is 15.1. The number of rotatable bonds is 5. The molecule has 1 aromatic carbocycles. The van der Waals surface area contributed by atoms with E-state index in [2.05, 4.69) is 11.8 Å². The highest BCUT2D eigenvalue weighted by molar-refractivity contribution is 5.40. The molecule has 6 heteroatoms. The number of aromatic nitrogens is 2. The fourth-order valence-electron chi connectivity index (χ4n) is 2.41. The van der Waals surface area contributed by atoms with Gasteiger partial charge < -0.3 is 9.64 Å². The molecule has 2 rings (SSSR count). The van der Waals surface area contributed by atoms with E-state index in [1.165, 1.54) is 17.7 Å². The summed E-state index contributed by atoms with van der Waals surface area (Å²) in [6, 6.07) is 9.24. The third kappa shape index (κ3) is 4.54. The second-order valence-electron chi connectivity index (χ2n) is 5.71. The van der Waals surface area contributed by atoms with Crippen molar-refractivity contribution in [3.63, 3.8) is 0 Å². The van der Waals surface area contributed by atoms with Crippen LogP contribution < -0.4 is 20.9 Å². The van der Waals surface area contributed by atoms with Crippen molar-refractivity contribution in [3.8, 4) is 17.6 Å². The Bertz CT molecular complexity index is 916. The Morgan fingerprint density at radius 3 is 2.56 bits per heavy atom. The van der Waals surface area contributed by atoms with Gasteiger partial charge in [-0.05, 0) is 31.5 Å². The molecule has 0 aliphatic rings. The highest BCUT2D eigenvalue weighted by atomic mass is 16.5. The summed E-state index contributed by atoms with van der Waals surface area (Å²) in [6.07, 6.45) is 0. The second kappa shape index (κ2) is 8.25. The molecule has 0 saturated carbocycles. The summed E-state index contributed by atoms with van der Waals surface area (Å²) in [5.41, 5.74) is 0.457. The monoisotopic (exact) mass is 341 g/mol. The number of hydrogen-bond donors (Lipinski definition) is 0. The molecule has 0 bridgehead atoms. The van der Waals surface area contributed by atoms with Gasteiger partial charge in [-0.25, -0.2) is 4.79 Å². The molecule has 2 aromatic rings. The van der Waals surface area contributed by atoms with Crippen molar-refractivity contribution in [2.45, 2.75) is 13.8 Å². The van der Waals surface area contributed by atoms with Crippen LogP contribution in [0.2, 0.25) is 0 Å². The van der Waals surface area contributed by atoms with E-state index in [1.807, 2.05) is 43.0 Å². The van der Waals surface area contributed by atoms with Crippen LogP contribution in [-0.2, 0) is 14.1 Å². The molecule has 0 saturated heterocycles. The van der Waals surface area contributed by atoms with Crippen molar-refractivity contribution in [3.05, 3.63) is 56.7 Å². The van der Waals surface area contributed by atoms with Crippen molar-refractivity contribution in [2.24, 2.45) is 14.1 Å².